The van der Waals surface area contributed by atoms with Crippen molar-refractivity contribution in [1.82, 2.24) is 10.2 Å². The Morgan fingerprint density at radius 3 is 2.67 bits per heavy atom. The van der Waals surface area contributed by atoms with E-state index in [1.807, 2.05) is 13.8 Å². The third-order valence-electron chi connectivity index (χ3n) is 2.40. The molecule has 0 saturated carbocycles. The molecule has 5 nitrogen and oxygen atoms in total. The smallest absolute Gasteiger partial charge is 0.246 e. The lowest BCUT2D eigenvalue weighted by Gasteiger charge is -2.12. The summed E-state index contributed by atoms with van der Waals surface area (Å²) < 4.78 is 5.01. The molecular formula is C10H16N2O3. The van der Waals surface area contributed by atoms with Crippen molar-refractivity contribution in [2.75, 3.05) is 14.2 Å². The Bertz CT molecular complexity index is 327. The van der Waals surface area contributed by atoms with E-state index < -0.39 is 0 Å². The van der Waals surface area contributed by atoms with Crippen LogP contribution >= 0.6 is 0 Å². The molecule has 0 radical (unpaired) electrons. The highest BCUT2D eigenvalue weighted by molar-refractivity contribution is 5.75. The fraction of sp³-hybridized carbons (Fsp3) is 0.600. The summed E-state index contributed by atoms with van der Waals surface area (Å²) in [5.74, 6) is 0.720. The molecule has 0 saturated heterocycles. The zero-order valence-electron chi connectivity index (χ0n) is 9.53. The lowest BCUT2D eigenvalue weighted by Crippen LogP contribution is -2.25. The number of nitrogens with zero attached hydrogens (tertiary/aromatic N) is 2. The zero-order valence-corrected chi connectivity index (χ0v) is 9.53. The molecule has 0 bridgehead atoms. The Morgan fingerprint density at radius 2 is 2.20 bits per heavy atom. The molecule has 0 aliphatic carbocycles. The van der Waals surface area contributed by atoms with E-state index in [1.54, 1.807) is 7.05 Å². The Balaban J connectivity index is 2.54. The maximum atomic E-state index is 11.4. The predicted octanol–water partition coefficient (Wildman–Crippen LogP) is 1.24. The van der Waals surface area contributed by atoms with Gasteiger partial charge in [0.25, 0.3) is 0 Å². The second kappa shape index (κ2) is 4.93. The van der Waals surface area contributed by atoms with E-state index in [2.05, 4.69) is 5.16 Å². The van der Waals surface area contributed by atoms with Crippen LogP contribution in [0.2, 0.25) is 0 Å². The van der Waals surface area contributed by atoms with Crippen molar-refractivity contribution in [3.05, 3.63) is 17.0 Å². The zero-order chi connectivity index (χ0) is 11.4. The summed E-state index contributed by atoms with van der Waals surface area (Å²) >= 11 is 0. The van der Waals surface area contributed by atoms with Crippen LogP contribution < -0.4 is 0 Å². The molecule has 0 spiro atoms. The molecular weight excluding hydrogens is 196 g/mol. The summed E-state index contributed by atoms with van der Waals surface area (Å²) in [4.78, 5) is 16.2. The summed E-state index contributed by atoms with van der Waals surface area (Å²) in [7, 11) is 3.06. The van der Waals surface area contributed by atoms with Gasteiger partial charge < -0.3 is 4.52 Å². The van der Waals surface area contributed by atoms with Gasteiger partial charge in [0.1, 0.15) is 5.76 Å². The van der Waals surface area contributed by atoms with Gasteiger partial charge in [-0.2, -0.15) is 0 Å². The van der Waals surface area contributed by atoms with Gasteiger partial charge in [0.05, 0.1) is 12.8 Å². The van der Waals surface area contributed by atoms with Gasteiger partial charge in [0.15, 0.2) is 0 Å². The number of rotatable bonds is 4. The van der Waals surface area contributed by atoms with E-state index in [-0.39, 0.29) is 5.91 Å². The molecule has 1 rings (SSSR count). The number of aromatic nitrogens is 1. The highest BCUT2D eigenvalue weighted by atomic mass is 16.7. The topological polar surface area (TPSA) is 55.6 Å². The first-order valence-corrected chi connectivity index (χ1v) is 4.78. The number of hydrogen-bond acceptors (Lipinski definition) is 4. The normalized spacial score (nSPS) is 10.4. The SMILES string of the molecule is CON(C)C(=O)CCc1c(C)noc1C. The van der Waals surface area contributed by atoms with Crippen LogP contribution in [0, 0.1) is 13.8 Å². The van der Waals surface area contributed by atoms with Crippen molar-refractivity contribution in [2.45, 2.75) is 26.7 Å². The molecule has 1 aromatic heterocycles. The van der Waals surface area contributed by atoms with E-state index in [9.17, 15) is 4.79 Å². The van der Waals surface area contributed by atoms with E-state index in [0.717, 1.165) is 17.0 Å². The monoisotopic (exact) mass is 212 g/mol. The molecule has 0 aliphatic heterocycles. The number of carbonyl (C=O) groups is 1. The number of amides is 1. The molecule has 1 aromatic rings. The fourth-order valence-corrected chi connectivity index (χ4v) is 1.35. The van der Waals surface area contributed by atoms with Gasteiger partial charge in [-0.3, -0.25) is 9.63 Å². The number of hydrogen-bond donors (Lipinski definition) is 0. The minimum Gasteiger partial charge on any atom is -0.361 e. The van der Waals surface area contributed by atoms with Crippen molar-refractivity contribution in [1.29, 1.82) is 0 Å². The minimum absolute atomic E-state index is 0.0579. The van der Waals surface area contributed by atoms with Gasteiger partial charge >= 0.3 is 0 Å². The van der Waals surface area contributed by atoms with Crippen molar-refractivity contribution < 1.29 is 14.2 Å². The van der Waals surface area contributed by atoms with Crippen molar-refractivity contribution in [3.8, 4) is 0 Å². The molecule has 0 atom stereocenters. The van der Waals surface area contributed by atoms with E-state index in [0.29, 0.717) is 12.8 Å². The Labute approximate surface area is 88.9 Å². The molecule has 0 fully saturated rings. The molecule has 15 heavy (non-hydrogen) atoms. The van der Waals surface area contributed by atoms with Gasteiger partial charge in [-0.25, -0.2) is 5.06 Å². The molecule has 1 heterocycles. The van der Waals surface area contributed by atoms with Crippen LogP contribution in [0.1, 0.15) is 23.4 Å². The molecule has 0 unspecified atom stereocenters. The van der Waals surface area contributed by atoms with Gasteiger partial charge in [0, 0.05) is 19.0 Å². The summed E-state index contributed by atoms with van der Waals surface area (Å²) in [5.41, 5.74) is 1.85. The number of aryl methyl sites for hydroxylation is 2. The predicted molar refractivity (Wildman–Crippen MR) is 54.1 cm³/mol. The largest absolute Gasteiger partial charge is 0.361 e. The molecule has 0 aromatic carbocycles. The third kappa shape index (κ3) is 2.79. The molecule has 0 aliphatic rings. The van der Waals surface area contributed by atoms with E-state index >= 15 is 0 Å². The number of hydroxylamine groups is 2. The van der Waals surface area contributed by atoms with Crippen LogP contribution in [-0.2, 0) is 16.1 Å². The van der Waals surface area contributed by atoms with Gasteiger partial charge in [0.2, 0.25) is 5.91 Å². The van der Waals surface area contributed by atoms with Crippen LogP contribution in [0.4, 0.5) is 0 Å². The van der Waals surface area contributed by atoms with E-state index in [1.165, 1.54) is 12.2 Å². The van der Waals surface area contributed by atoms with E-state index in [4.69, 9.17) is 9.36 Å². The summed E-state index contributed by atoms with van der Waals surface area (Å²) in [6.07, 6.45) is 1.03. The van der Waals surface area contributed by atoms with Crippen LogP contribution in [0.15, 0.2) is 4.52 Å². The first-order chi connectivity index (χ1) is 7.06. The molecule has 1 amide bonds. The summed E-state index contributed by atoms with van der Waals surface area (Å²) in [6.45, 7) is 3.72. The number of carbonyl (C=O) groups excluding carboxylic acids is 1. The maximum absolute atomic E-state index is 11.4. The Kier molecular flexibility index (Phi) is 3.85. The maximum Gasteiger partial charge on any atom is 0.246 e. The van der Waals surface area contributed by atoms with Crippen LogP contribution in [0.25, 0.3) is 0 Å². The summed E-state index contributed by atoms with van der Waals surface area (Å²) in [5, 5.41) is 5.05. The highest BCUT2D eigenvalue weighted by Gasteiger charge is 2.13. The van der Waals surface area contributed by atoms with Crippen molar-refractivity contribution in [3.63, 3.8) is 0 Å². The van der Waals surface area contributed by atoms with Crippen molar-refractivity contribution in [2.24, 2.45) is 0 Å². The lowest BCUT2D eigenvalue weighted by atomic mass is 10.1. The fourth-order valence-electron chi connectivity index (χ4n) is 1.35. The van der Waals surface area contributed by atoms with Crippen molar-refractivity contribution >= 4 is 5.91 Å². The molecule has 0 N–H and O–H groups in total. The quantitative estimate of drug-likeness (QED) is 0.705. The van der Waals surface area contributed by atoms with Gasteiger partial charge in [-0.05, 0) is 20.3 Å². The Hall–Kier alpha value is -1.36. The minimum atomic E-state index is -0.0579. The van der Waals surface area contributed by atoms with Crippen LogP contribution in [0.3, 0.4) is 0 Å². The van der Waals surface area contributed by atoms with Crippen LogP contribution in [0.5, 0.6) is 0 Å². The lowest BCUT2D eigenvalue weighted by molar-refractivity contribution is -0.168. The van der Waals surface area contributed by atoms with Gasteiger partial charge in [-0.15, -0.1) is 0 Å². The Morgan fingerprint density at radius 1 is 1.53 bits per heavy atom. The second-order valence-electron chi connectivity index (χ2n) is 3.38. The van der Waals surface area contributed by atoms with Gasteiger partial charge in [-0.1, -0.05) is 5.16 Å². The average Bonchev–Trinajstić information content (AvgIpc) is 2.54. The second-order valence-corrected chi connectivity index (χ2v) is 3.38. The molecule has 5 heteroatoms. The first kappa shape index (κ1) is 11.7. The standard InChI is InChI=1S/C10H16N2O3/c1-7-9(8(2)15-11-7)5-6-10(13)12(3)14-4/h5-6H2,1-4H3. The first-order valence-electron chi connectivity index (χ1n) is 4.78. The van der Waals surface area contributed by atoms with Crippen LogP contribution in [-0.4, -0.2) is 30.3 Å². The molecule has 84 valence electrons. The highest BCUT2D eigenvalue weighted by Crippen LogP contribution is 2.14. The summed E-state index contributed by atoms with van der Waals surface area (Å²) in [6, 6.07) is 0. The average molecular weight is 212 g/mol. The third-order valence-corrected chi connectivity index (χ3v) is 2.40.